The number of esters is 1. The predicted molar refractivity (Wildman–Crippen MR) is 112 cm³/mol. The molecule has 156 valence electrons. The van der Waals surface area contributed by atoms with Gasteiger partial charge in [0.05, 0.1) is 13.2 Å². The van der Waals surface area contributed by atoms with Crippen LogP contribution in [0.2, 0.25) is 0 Å². The Morgan fingerprint density at radius 3 is 2.24 bits per heavy atom. The van der Waals surface area contributed by atoms with Crippen LogP contribution in [0, 0.1) is 26.7 Å². The van der Waals surface area contributed by atoms with Crippen LogP contribution >= 0.6 is 0 Å². The maximum absolute atomic E-state index is 13.1. The Morgan fingerprint density at radius 2 is 1.69 bits per heavy atom. The summed E-state index contributed by atoms with van der Waals surface area (Å²) in [5, 5.41) is 0. The molecular formula is C23H30N2O4. The fraction of sp³-hybridized carbons (Fsp3) is 0.435. The summed E-state index contributed by atoms with van der Waals surface area (Å²) in [5.41, 5.74) is 3.50. The lowest BCUT2D eigenvalue weighted by Crippen LogP contribution is -2.38. The summed E-state index contributed by atoms with van der Waals surface area (Å²) in [5.74, 6) is -0.654. The number of Topliss-reactive ketones (excluding diaryl/α,β-unsaturated/α-hetero) is 1. The third kappa shape index (κ3) is 5.34. The minimum absolute atomic E-state index is 0.0489. The van der Waals surface area contributed by atoms with Crippen LogP contribution in [-0.4, -0.2) is 47.2 Å². The van der Waals surface area contributed by atoms with E-state index in [0.29, 0.717) is 28.9 Å². The van der Waals surface area contributed by atoms with Gasteiger partial charge in [-0.25, -0.2) is 4.79 Å². The Balaban J connectivity index is 2.30. The van der Waals surface area contributed by atoms with Gasteiger partial charge in [-0.2, -0.15) is 0 Å². The van der Waals surface area contributed by atoms with Gasteiger partial charge in [0.25, 0.3) is 5.91 Å². The quantitative estimate of drug-likeness (QED) is 0.536. The largest absolute Gasteiger partial charge is 0.461 e. The van der Waals surface area contributed by atoms with Crippen LogP contribution in [0.3, 0.4) is 0 Å². The zero-order valence-electron chi connectivity index (χ0n) is 18.1. The van der Waals surface area contributed by atoms with Crippen LogP contribution in [-0.2, 0) is 4.74 Å². The number of nitrogens with zero attached hydrogens (tertiary/aromatic N) is 1. The van der Waals surface area contributed by atoms with Crippen molar-refractivity contribution in [3.63, 3.8) is 0 Å². The van der Waals surface area contributed by atoms with Gasteiger partial charge in [-0.1, -0.05) is 31.5 Å². The van der Waals surface area contributed by atoms with Crippen LogP contribution in [0.25, 0.3) is 0 Å². The topological polar surface area (TPSA) is 79.5 Å². The number of amides is 1. The molecule has 29 heavy (non-hydrogen) atoms. The minimum atomic E-state index is -0.484. The number of hydrogen-bond donors (Lipinski definition) is 1. The van der Waals surface area contributed by atoms with Gasteiger partial charge in [-0.05, 0) is 51.3 Å². The Labute approximate surface area is 172 Å². The number of ketones is 1. The fourth-order valence-corrected chi connectivity index (χ4v) is 3.37. The standard InChI is InChI=1S/C23H30N2O4/c1-7-29-23(28)21-16(5)20(17(6)24-21)19(26)13-25(12-14(2)3)22(27)18-10-8-15(4)9-11-18/h8-11,14,24H,7,12-13H2,1-6H3. The fourth-order valence-electron chi connectivity index (χ4n) is 3.37. The van der Waals surface area contributed by atoms with E-state index in [-0.39, 0.29) is 36.5 Å². The third-order valence-electron chi connectivity index (χ3n) is 4.70. The SMILES string of the molecule is CCOC(=O)c1[nH]c(C)c(C(=O)CN(CC(C)C)C(=O)c2ccc(C)cc2)c1C. The van der Waals surface area contributed by atoms with Crippen molar-refractivity contribution in [3.05, 3.63) is 57.9 Å². The monoisotopic (exact) mass is 398 g/mol. The molecule has 0 aliphatic rings. The van der Waals surface area contributed by atoms with Crippen molar-refractivity contribution in [2.45, 2.75) is 41.5 Å². The van der Waals surface area contributed by atoms with E-state index < -0.39 is 5.97 Å². The Kier molecular flexibility index (Phi) is 7.37. The Hall–Kier alpha value is -2.89. The van der Waals surface area contributed by atoms with E-state index in [1.165, 1.54) is 0 Å². The Bertz CT molecular complexity index is 894. The molecule has 2 rings (SSSR count). The summed E-state index contributed by atoms with van der Waals surface area (Å²) in [6.07, 6.45) is 0. The lowest BCUT2D eigenvalue weighted by atomic mass is 10.0. The summed E-state index contributed by atoms with van der Waals surface area (Å²) in [7, 11) is 0. The second kappa shape index (κ2) is 9.54. The number of aromatic nitrogens is 1. The molecule has 0 fully saturated rings. The van der Waals surface area contributed by atoms with Gasteiger partial charge >= 0.3 is 5.97 Å². The summed E-state index contributed by atoms with van der Waals surface area (Å²) >= 11 is 0. The normalized spacial score (nSPS) is 10.9. The lowest BCUT2D eigenvalue weighted by Gasteiger charge is -2.24. The molecule has 0 spiro atoms. The molecule has 0 bridgehead atoms. The third-order valence-corrected chi connectivity index (χ3v) is 4.70. The highest BCUT2D eigenvalue weighted by atomic mass is 16.5. The van der Waals surface area contributed by atoms with Gasteiger partial charge in [0, 0.05) is 23.4 Å². The van der Waals surface area contributed by atoms with Crippen molar-refractivity contribution in [1.82, 2.24) is 9.88 Å². The van der Waals surface area contributed by atoms with Gasteiger partial charge < -0.3 is 14.6 Å². The van der Waals surface area contributed by atoms with Crippen molar-refractivity contribution in [2.75, 3.05) is 19.7 Å². The van der Waals surface area contributed by atoms with Crippen LogP contribution in [0.15, 0.2) is 24.3 Å². The second-order valence-electron chi connectivity index (χ2n) is 7.71. The summed E-state index contributed by atoms with van der Waals surface area (Å²) in [6, 6.07) is 7.33. The molecule has 0 aliphatic carbocycles. The van der Waals surface area contributed by atoms with Crippen LogP contribution in [0.1, 0.15) is 68.8 Å². The van der Waals surface area contributed by atoms with Gasteiger partial charge in [-0.15, -0.1) is 0 Å². The van der Waals surface area contributed by atoms with Gasteiger partial charge in [0.15, 0.2) is 5.78 Å². The predicted octanol–water partition coefficient (Wildman–Crippen LogP) is 4.10. The first-order chi connectivity index (χ1) is 13.6. The number of aryl methyl sites for hydroxylation is 2. The smallest absolute Gasteiger partial charge is 0.355 e. The van der Waals surface area contributed by atoms with E-state index in [4.69, 9.17) is 4.74 Å². The maximum atomic E-state index is 13.1. The lowest BCUT2D eigenvalue weighted by molar-refractivity contribution is 0.0519. The van der Waals surface area contributed by atoms with Gasteiger partial charge in [0.2, 0.25) is 0 Å². The summed E-state index contributed by atoms with van der Waals surface area (Å²) in [6.45, 7) is 11.8. The van der Waals surface area contributed by atoms with Gasteiger partial charge in [0.1, 0.15) is 5.69 Å². The summed E-state index contributed by atoms with van der Waals surface area (Å²) in [4.78, 5) is 42.8. The number of aromatic amines is 1. The number of hydrogen-bond acceptors (Lipinski definition) is 4. The number of carbonyl (C=O) groups excluding carboxylic acids is 3. The van der Waals surface area contributed by atoms with Crippen molar-refractivity contribution in [2.24, 2.45) is 5.92 Å². The number of ether oxygens (including phenoxy) is 1. The maximum Gasteiger partial charge on any atom is 0.355 e. The van der Waals surface area contributed by atoms with E-state index in [0.717, 1.165) is 5.56 Å². The number of nitrogens with one attached hydrogen (secondary N) is 1. The van der Waals surface area contributed by atoms with Crippen molar-refractivity contribution in [3.8, 4) is 0 Å². The van der Waals surface area contributed by atoms with E-state index >= 15 is 0 Å². The first-order valence-electron chi connectivity index (χ1n) is 9.91. The van der Waals surface area contributed by atoms with Crippen molar-refractivity contribution >= 4 is 17.7 Å². The number of rotatable bonds is 8. The molecule has 0 unspecified atom stereocenters. The number of carbonyl (C=O) groups is 3. The second-order valence-corrected chi connectivity index (χ2v) is 7.71. The van der Waals surface area contributed by atoms with E-state index in [1.54, 1.807) is 37.8 Å². The summed E-state index contributed by atoms with van der Waals surface area (Å²) < 4.78 is 5.05. The molecule has 1 amide bonds. The first-order valence-corrected chi connectivity index (χ1v) is 9.91. The minimum Gasteiger partial charge on any atom is -0.461 e. The zero-order chi connectivity index (χ0) is 21.7. The molecule has 1 aromatic heterocycles. The van der Waals surface area contributed by atoms with Crippen LogP contribution in [0.5, 0.6) is 0 Å². The molecule has 0 aliphatic heterocycles. The highest BCUT2D eigenvalue weighted by Crippen LogP contribution is 2.20. The number of H-pyrrole nitrogens is 1. The highest BCUT2D eigenvalue weighted by Gasteiger charge is 2.26. The number of benzene rings is 1. The van der Waals surface area contributed by atoms with Crippen LogP contribution in [0.4, 0.5) is 0 Å². The highest BCUT2D eigenvalue weighted by molar-refractivity contribution is 6.05. The molecule has 0 radical (unpaired) electrons. The molecule has 6 heteroatoms. The van der Waals surface area contributed by atoms with E-state index in [9.17, 15) is 14.4 Å². The molecule has 1 aromatic carbocycles. The molecule has 6 nitrogen and oxygen atoms in total. The van der Waals surface area contributed by atoms with Crippen molar-refractivity contribution < 1.29 is 19.1 Å². The first kappa shape index (κ1) is 22.4. The average Bonchev–Trinajstić information content (AvgIpc) is 2.95. The van der Waals surface area contributed by atoms with Gasteiger partial charge in [-0.3, -0.25) is 9.59 Å². The molecular weight excluding hydrogens is 368 g/mol. The molecule has 2 aromatic rings. The average molecular weight is 399 g/mol. The molecule has 1 N–H and O–H groups in total. The van der Waals surface area contributed by atoms with Crippen molar-refractivity contribution in [1.29, 1.82) is 0 Å². The van der Waals surface area contributed by atoms with E-state index in [1.807, 2.05) is 32.9 Å². The van der Waals surface area contributed by atoms with E-state index in [2.05, 4.69) is 4.98 Å². The zero-order valence-corrected chi connectivity index (χ0v) is 18.1. The molecule has 0 saturated heterocycles. The molecule has 0 atom stereocenters. The van der Waals surface area contributed by atoms with Crippen LogP contribution < -0.4 is 0 Å². The molecule has 0 saturated carbocycles. The Morgan fingerprint density at radius 1 is 1.07 bits per heavy atom. The molecule has 1 heterocycles.